The lowest BCUT2D eigenvalue weighted by atomic mass is 9.97. The molecule has 0 spiro atoms. The van der Waals surface area contributed by atoms with Gasteiger partial charge in [-0.1, -0.05) is 24.3 Å². The molecule has 0 saturated carbocycles. The zero-order valence-electron chi connectivity index (χ0n) is 15.9. The number of ether oxygens (including phenoxy) is 1. The molecule has 1 heterocycles. The van der Waals surface area contributed by atoms with Gasteiger partial charge in [0.05, 0.1) is 5.57 Å². The number of phenols is 1. The summed E-state index contributed by atoms with van der Waals surface area (Å²) in [5.41, 5.74) is 3.01. The molecule has 1 unspecified atom stereocenters. The van der Waals surface area contributed by atoms with Gasteiger partial charge in [0.1, 0.15) is 11.5 Å². The summed E-state index contributed by atoms with van der Waals surface area (Å²) < 4.78 is 43.5. The summed E-state index contributed by atoms with van der Waals surface area (Å²) in [6, 6.07) is 8.78. The smallest absolute Gasteiger partial charge is 0.430 e. The van der Waals surface area contributed by atoms with Crippen molar-refractivity contribution in [1.29, 1.82) is 0 Å². The van der Waals surface area contributed by atoms with Crippen molar-refractivity contribution in [2.24, 2.45) is 0 Å². The lowest BCUT2D eigenvalue weighted by molar-refractivity contribution is -0.187. The summed E-state index contributed by atoms with van der Waals surface area (Å²) >= 11 is 0. The van der Waals surface area contributed by atoms with E-state index in [9.17, 15) is 18.0 Å². The number of hydrogen-bond acceptors (Lipinski definition) is 3. The molecule has 0 fully saturated rings. The van der Waals surface area contributed by atoms with Crippen molar-refractivity contribution in [3.63, 3.8) is 0 Å². The van der Waals surface area contributed by atoms with Gasteiger partial charge >= 0.3 is 12.1 Å². The minimum absolute atomic E-state index is 0.0901. The van der Waals surface area contributed by atoms with Gasteiger partial charge in [-0.25, -0.2) is 4.79 Å². The average molecular weight is 394 g/mol. The van der Waals surface area contributed by atoms with Crippen LogP contribution in [0, 0.1) is 27.7 Å². The van der Waals surface area contributed by atoms with E-state index >= 15 is 0 Å². The number of aliphatic carboxylic acids is 1. The van der Waals surface area contributed by atoms with Gasteiger partial charge in [0.2, 0.25) is 6.10 Å². The van der Waals surface area contributed by atoms with Gasteiger partial charge in [0.15, 0.2) is 0 Å². The van der Waals surface area contributed by atoms with Gasteiger partial charge in [-0.2, -0.15) is 13.2 Å². The normalized spacial score (nSPS) is 15.5. The molecule has 150 valence electrons. The number of alkyl halides is 3. The zero-order chi connectivity index (χ0) is 21.2. The van der Waals surface area contributed by atoms with Crippen LogP contribution in [-0.4, -0.2) is 28.5 Å². The molecule has 1 atom stereocenters. The van der Waals surface area contributed by atoms with E-state index in [2.05, 4.69) is 0 Å². The molecule has 0 amide bonds. The summed E-state index contributed by atoms with van der Waals surface area (Å²) in [7, 11) is 0. The quantitative estimate of drug-likeness (QED) is 0.706. The first-order chi connectivity index (χ1) is 12.9. The van der Waals surface area contributed by atoms with E-state index < -0.39 is 23.8 Å². The molecule has 3 rings (SSSR count). The van der Waals surface area contributed by atoms with Crippen LogP contribution in [0.3, 0.4) is 0 Å². The van der Waals surface area contributed by atoms with E-state index in [1.807, 2.05) is 26.0 Å². The first kappa shape index (κ1) is 21.3. The predicted octanol–water partition coefficient (Wildman–Crippen LogP) is 5.10. The molecule has 1 aliphatic rings. The fraction of sp³-hybridized carbons (Fsp3) is 0.286. The first-order valence-electron chi connectivity index (χ1n) is 8.47. The van der Waals surface area contributed by atoms with E-state index in [1.165, 1.54) is 0 Å². The fourth-order valence-electron chi connectivity index (χ4n) is 2.66. The third kappa shape index (κ3) is 4.47. The number of benzene rings is 2. The van der Waals surface area contributed by atoms with Crippen molar-refractivity contribution in [3.05, 3.63) is 63.7 Å². The van der Waals surface area contributed by atoms with E-state index in [-0.39, 0.29) is 5.75 Å². The molecule has 0 bridgehead atoms. The molecule has 2 N–H and O–H groups in total. The number of hydrogen-bond donors (Lipinski definition) is 2. The Morgan fingerprint density at radius 1 is 1.00 bits per heavy atom. The standard InChI is InChI=1S/C13H11F3O3.C8H10O/c1-6-3-4-8-5-9(12(17)18)11(13(14,15)16)19-10(8)7(6)2;1-6-4-3-5-8(9)7(6)2/h3-5,11H,1-2H3,(H,17,18);3-5,9H,1-2H3. The highest BCUT2D eigenvalue weighted by Crippen LogP contribution is 2.39. The minimum Gasteiger partial charge on any atom is -0.508 e. The van der Waals surface area contributed by atoms with Gasteiger partial charge < -0.3 is 14.9 Å². The molecule has 0 aliphatic carbocycles. The highest BCUT2D eigenvalue weighted by atomic mass is 19.4. The van der Waals surface area contributed by atoms with E-state index in [0.717, 1.165) is 22.8 Å². The van der Waals surface area contributed by atoms with Crippen molar-refractivity contribution in [2.45, 2.75) is 40.0 Å². The third-order valence-corrected chi connectivity index (χ3v) is 4.66. The second-order valence-electron chi connectivity index (χ2n) is 6.59. The van der Waals surface area contributed by atoms with Crippen LogP contribution in [0.2, 0.25) is 0 Å². The van der Waals surface area contributed by atoms with Crippen LogP contribution < -0.4 is 4.74 Å². The maximum Gasteiger partial charge on any atom is 0.430 e. The Labute approximate surface area is 160 Å². The number of halogens is 3. The van der Waals surface area contributed by atoms with Crippen LogP contribution >= 0.6 is 0 Å². The van der Waals surface area contributed by atoms with Crippen LogP contribution in [0.4, 0.5) is 13.2 Å². The first-order valence-corrected chi connectivity index (χ1v) is 8.47. The monoisotopic (exact) mass is 394 g/mol. The van der Waals surface area contributed by atoms with Crippen LogP contribution in [0.5, 0.6) is 11.5 Å². The number of fused-ring (bicyclic) bond motifs is 1. The summed E-state index contributed by atoms with van der Waals surface area (Å²) in [4.78, 5) is 10.9. The largest absolute Gasteiger partial charge is 0.508 e. The molecule has 0 saturated heterocycles. The van der Waals surface area contributed by atoms with Gasteiger partial charge in [0.25, 0.3) is 0 Å². The molecule has 2 aromatic rings. The third-order valence-electron chi connectivity index (χ3n) is 4.66. The lowest BCUT2D eigenvalue weighted by Crippen LogP contribution is -2.40. The van der Waals surface area contributed by atoms with Crippen LogP contribution in [0.15, 0.2) is 35.9 Å². The van der Waals surface area contributed by atoms with Crippen LogP contribution in [0.1, 0.15) is 27.8 Å². The van der Waals surface area contributed by atoms with Crippen molar-refractivity contribution < 1.29 is 32.9 Å². The molecule has 0 aromatic heterocycles. The minimum atomic E-state index is -4.77. The average Bonchev–Trinajstić information content (AvgIpc) is 2.61. The number of carboxylic acids is 1. The lowest BCUT2D eigenvalue weighted by Gasteiger charge is -2.28. The number of aryl methyl sites for hydroxylation is 2. The van der Waals surface area contributed by atoms with Crippen molar-refractivity contribution in [3.8, 4) is 11.5 Å². The summed E-state index contributed by atoms with van der Waals surface area (Å²) in [5, 5.41) is 18.0. The molecular formula is C21H21F3O4. The second kappa shape index (κ2) is 7.96. The number of carboxylic acid groups (broad SMARTS) is 1. The van der Waals surface area contributed by atoms with Crippen molar-refractivity contribution in [2.75, 3.05) is 0 Å². The van der Waals surface area contributed by atoms with Gasteiger partial charge in [0, 0.05) is 5.56 Å². The highest BCUT2D eigenvalue weighted by molar-refractivity contribution is 5.95. The summed E-state index contributed by atoms with van der Waals surface area (Å²) in [6.07, 6.45) is -6.18. The Hall–Kier alpha value is -2.96. The van der Waals surface area contributed by atoms with Gasteiger partial charge in [-0.3, -0.25) is 0 Å². The molecule has 2 aromatic carbocycles. The molecule has 0 radical (unpaired) electrons. The van der Waals surface area contributed by atoms with Crippen molar-refractivity contribution >= 4 is 12.0 Å². The molecular weight excluding hydrogens is 373 g/mol. The maximum absolute atomic E-state index is 12.8. The van der Waals surface area contributed by atoms with Crippen LogP contribution in [-0.2, 0) is 4.79 Å². The molecule has 7 heteroatoms. The molecule has 28 heavy (non-hydrogen) atoms. The maximum atomic E-state index is 12.8. The Morgan fingerprint density at radius 3 is 2.11 bits per heavy atom. The van der Waals surface area contributed by atoms with E-state index in [1.54, 1.807) is 32.0 Å². The summed E-state index contributed by atoms with van der Waals surface area (Å²) in [5.74, 6) is -1.16. The highest BCUT2D eigenvalue weighted by Gasteiger charge is 2.48. The van der Waals surface area contributed by atoms with E-state index in [4.69, 9.17) is 14.9 Å². The van der Waals surface area contributed by atoms with E-state index in [0.29, 0.717) is 16.9 Å². The Morgan fingerprint density at radius 2 is 1.61 bits per heavy atom. The summed E-state index contributed by atoms with van der Waals surface area (Å²) in [6.45, 7) is 7.28. The topological polar surface area (TPSA) is 66.8 Å². The Bertz CT molecular complexity index is 910. The Balaban J connectivity index is 0.000000261. The second-order valence-corrected chi connectivity index (χ2v) is 6.59. The van der Waals surface area contributed by atoms with Gasteiger partial charge in [-0.05, 0) is 62.1 Å². The number of phenolic OH excluding ortho intramolecular Hbond substituents is 1. The van der Waals surface area contributed by atoms with Crippen LogP contribution in [0.25, 0.3) is 6.08 Å². The zero-order valence-corrected chi connectivity index (χ0v) is 15.9. The molecule has 1 aliphatic heterocycles. The Kier molecular flexibility index (Phi) is 6.07. The predicted molar refractivity (Wildman–Crippen MR) is 99.6 cm³/mol. The van der Waals surface area contributed by atoms with Gasteiger partial charge in [-0.15, -0.1) is 0 Å². The number of aromatic hydroxyl groups is 1. The molecule has 4 nitrogen and oxygen atoms in total. The SMILES string of the molecule is Cc1ccc2c(c1C)OC(C(F)(F)F)C(C(=O)O)=C2.Cc1cccc(O)c1C. The van der Waals surface area contributed by atoms with Crippen molar-refractivity contribution in [1.82, 2.24) is 0 Å². The fourth-order valence-corrected chi connectivity index (χ4v) is 2.66. The number of carbonyl (C=O) groups is 1. The number of rotatable bonds is 1.